The Morgan fingerprint density at radius 3 is 1.66 bits per heavy atom. The minimum Gasteiger partial charge on any atom is -0.460 e. The summed E-state index contributed by atoms with van der Waals surface area (Å²) >= 11 is 6.35. The Bertz CT molecular complexity index is 3660. The quantitative estimate of drug-likeness (QED) is 0.0360. The number of carbonyl (C=O) groups excluding carboxylic acids is 7. The number of aromatic nitrogens is 1. The van der Waals surface area contributed by atoms with E-state index in [-0.39, 0.29) is 23.3 Å². The van der Waals surface area contributed by atoms with Crippen molar-refractivity contribution < 1.29 is 60.9 Å². The number of nitrogens with zero attached hydrogens (tertiary/aromatic N) is 1. The fraction of sp³-hybridized carbons (Fsp3) is 0.258. The second kappa shape index (κ2) is 26.6. The monoisotopic (exact) mass is 1190 g/mol. The first-order chi connectivity index (χ1) is 40.7. The molecule has 0 aliphatic carbocycles. The number of fused-ring (bicyclic) bond motifs is 2. The first-order valence-electron chi connectivity index (χ1n) is 27.5. The number of esters is 1. The molecule has 0 aliphatic rings. The van der Waals surface area contributed by atoms with E-state index in [1.165, 1.54) is 18.2 Å². The van der Waals surface area contributed by atoms with E-state index >= 15 is 4.79 Å². The standard InChI is InChI=1S/C66H64ClF3N6O10/c1-63(2,3)85-57(78)40-53(73-59(80)52(37-41-26-27-42-18-16-17-19-43(42)36-41)74-61(82)55-39-44-38-48(67)28-34-54(44)76(55)62(83)86-64(4,5)6)60(81)72-51(58(79)71-49-29-31-50(32-30-49)84-66(68,69)70)33-35-56(77)75-65(45-20-10-7-11-21-45,46-22-12-8-13-23-46)47-24-14-9-15-25-47/h7-32,34,36,38-39,51-53H,33,35,37,40H2,1-6H3,(H,71,79)(H,72,81)(H,73,80)(H,74,82)(H,75,77)/t51-,52-,53-/m0/s1. The lowest BCUT2D eigenvalue weighted by atomic mass is 9.77. The van der Waals surface area contributed by atoms with Crippen molar-refractivity contribution in [2.45, 2.75) is 108 Å². The topological polar surface area (TPSA) is 212 Å². The van der Waals surface area contributed by atoms with Crippen LogP contribution in [-0.4, -0.2) is 81.9 Å². The summed E-state index contributed by atoms with van der Waals surface area (Å²) in [5.74, 6) is -6.07. The van der Waals surface area contributed by atoms with Crippen LogP contribution in [0.1, 0.15) is 93.5 Å². The van der Waals surface area contributed by atoms with Gasteiger partial charge >= 0.3 is 18.4 Å². The number of halogens is 4. The minimum absolute atomic E-state index is 0.0239. The molecule has 0 radical (unpaired) electrons. The number of hydrogen-bond acceptors (Lipinski definition) is 10. The molecule has 0 spiro atoms. The van der Waals surface area contributed by atoms with Gasteiger partial charge in [0.15, 0.2) is 0 Å². The maximum Gasteiger partial charge on any atom is 0.573 e. The number of anilines is 1. The Kier molecular flexibility index (Phi) is 19.4. The van der Waals surface area contributed by atoms with Gasteiger partial charge in [-0.3, -0.25) is 28.8 Å². The van der Waals surface area contributed by atoms with Crippen LogP contribution in [0.5, 0.6) is 5.75 Å². The van der Waals surface area contributed by atoms with Crippen molar-refractivity contribution >= 4 is 80.6 Å². The number of benzene rings is 7. The molecule has 3 atom stereocenters. The summed E-state index contributed by atoms with van der Waals surface area (Å²) in [6.07, 6.45) is -7.78. The Morgan fingerprint density at radius 2 is 1.09 bits per heavy atom. The van der Waals surface area contributed by atoms with Crippen molar-refractivity contribution in [3.05, 3.63) is 215 Å². The molecule has 1 heterocycles. The van der Waals surface area contributed by atoms with Crippen LogP contribution >= 0.6 is 11.6 Å². The van der Waals surface area contributed by atoms with Gasteiger partial charge in [-0.25, -0.2) is 9.36 Å². The number of hydrogen-bond donors (Lipinski definition) is 5. The van der Waals surface area contributed by atoms with Gasteiger partial charge in [0.1, 0.15) is 46.3 Å². The lowest BCUT2D eigenvalue weighted by molar-refractivity contribution is -0.274. The zero-order chi connectivity index (χ0) is 62.0. The fourth-order valence-electron chi connectivity index (χ4n) is 9.77. The molecule has 446 valence electrons. The molecule has 86 heavy (non-hydrogen) atoms. The summed E-state index contributed by atoms with van der Waals surface area (Å²) in [4.78, 5) is 102. The van der Waals surface area contributed by atoms with Crippen molar-refractivity contribution in [3.8, 4) is 5.75 Å². The van der Waals surface area contributed by atoms with Crippen molar-refractivity contribution in [1.29, 1.82) is 0 Å². The molecule has 0 saturated carbocycles. The lowest BCUT2D eigenvalue weighted by Crippen LogP contribution is -2.57. The van der Waals surface area contributed by atoms with Crippen LogP contribution in [-0.2, 0) is 45.4 Å². The van der Waals surface area contributed by atoms with E-state index in [4.69, 9.17) is 21.1 Å². The van der Waals surface area contributed by atoms with Crippen LogP contribution in [0.25, 0.3) is 21.7 Å². The average molecular weight is 1190 g/mol. The summed E-state index contributed by atoms with van der Waals surface area (Å²) in [7, 11) is 0. The molecule has 0 fully saturated rings. The average Bonchev–Trinajstić information content (AvgIpc) is 1.24. The van der Waals surface area contributed by atoms with Gasteiger partial charge in [0.2, 0.25) is 23.6 Å². The van der Waals surface area contributed by atoms with Crippen LogP contribution in [0.15, 0.2) is 182 Å². The van der Waals surface area contributed by atoms with E-state index in [9.17, 15) is 41.9 Å². The fourth-order valence-corrected chi connectivity index (χ4v) is 9.95. The molecule has 1 aromatic heterocycles. The summed E-state index contributed by atoms with van der Waals surface area (Å²) in [6.45, 7) is 9.73. The Labute approximate surface area is 499 Å². The molecular weight excluding hydrogens is 1130 g/mol. The molecule has 7 aromatic carbocycles. The summed E-state index contributed by atoms with van der Waals surface area (Å²) in [5.41, 5.74) is -0.728. The van der Waals surface area contributed by atoms with Crippen molar-refractivity contribution in [1.82, 2.24) is 25.8 Å². The zero-order valence-electron chi connectivity index (χ0n) is 47.9. The third-order valence-corrected chi connectivity index (χ3v) is 13.7. The molecule has 0 aliphatic heterocycles. The van der Waals surface area contributed by atoms with Crippen LogP contribution in [0.4, 0.5) is 23.7 Å². The zero-order valence-corrected chi connectivity index (χ0v) is 48.7. The number of ether oxygens (including phenoxy) is 3. The Hall–Kier alpha value is -9.49. The van der Waals surface area contributed by atoms with Crippen LogP contribution in [0, 0.1) is 0 Å². The van der Waals surface area contributed by atoms with E-state index in [1.54, 1.807) is 53.7 Å². The van der Waals surface area contributed by atoms with E-state index in [0.717, 1.165) is 39.6 Å². The van der Waals surface area contributed by atoms with Gasteiger partial charge in [0.25, 0.3) is 5.91 Å². The second-order valence-electron chi connectivity index (χ2n) is 22.4. The van der Waals surface area contributed by atoms with Gasteiger partial charge < -0.3 is 40.8 Å². The normalized spacial score (nSPS) is 12.9. The number of carbonyl (C=O) groups is 7. The minimum atomic E-state index is -5.01. The van der Waals surface area contributed by atoms with Crippen LogP contribution in [0.2, 0.25) is 5.02 Å². The van der Waals surface area contributed by atoms with E-state index in [2.05, 4.69) is 31.3 Å². The third kappa shape index (κ3) is 16.4. The number of amides is 5. The highest BCUT2D eigenvalue weighted by Gasteiger charge is 2.39. The highest BCUT2D eigenvalue weighted by Crippen LogP contribution is 2.37. The molecule has 20 heteroatoms. The van der Waals surface area contributed by atoms with E-state index < -0.39 is 108 Å². The Morgan fingerprint density at radius 1 is 0.547 bits per heavy atom. The molecule has 8 rings (SSSR count). The van der Waals surface area contributed by atoms with Crippen LogP contribution in [0.3, 0.4) is 0 Å². The molecule has 16 nitrogen and oxygen atoms in total. The highest BCUT2D eigenvalue weighted by atomic mass is 35.5. The van der Waals surface area contributed by atoms with E-state index in [0.29, 0.717) is 32.7 Å². The predicted octanol–water partition coefficient (Wildman–Crippen LogP) is 11.7. The van der Waals surface area contributed by atoms with Crippen molar-refractivity contribution in [2.24, 2.45) is 0 Å². The largest absolute Gasteiger partial charge is 0.573 e. The van der Waals surface area contributed by atoms with Crippen molar-refractivity contribution in [2.75, 3.05) is 5.32 Å². The second-order valence-corrected chi connectivity index (χ2v) is 22.8. The molecule has 0 bridgehead atoms. The van der Waals surface area contributed by atoms with Gasteiger partial charge in [-0.1, -0.05) is 145 Å². The van der Waals surface area contributed by atoms with Crippen LogP contribution < -0.4 is 31.3 Å². The van der Waals surface area contributed by atoms with E-state index in [1.807, 2.05) is 127 Å². The lowest BCUT2D eigenvalue weighted by Gasteiger charge is -2.37. The SMILES string of the molecule is CC(C)(C)OC(=O)C[C@H](NC(=O)[C@H](Cc1ccc2ccccc2c1)NC(=O)c1cc2cc(Cl)ccc2n1C(=O)OC(C)(C)C)C(=O)N[C@@H](CCC(=O)NC(c1ccccc1)(c1ccccc1)c1ccccc1)C(=O)Nc1ccc(OC(F)(F)F)cc1. The Balaban J connectivity index is 1.14. The maximum atomic E-state index is 15.1. The smallest absolute Gasteiger partial charge is 0.460 e. The molecule has 5 N–H and O–H groups in total. The number of nitrogens with one attached hydrogen (secondary N) is 5. The van der Waals surface area contributed by atoms with Gasteiger partial charge in [0.05, 0.1) is 11.9 Å². The first kappa shape index (κ1) is 62.6. The maximum absolute atomic E-state index is 15.1. The summed E-state index contributed by atoms with van der Waals surface area (Å²) in [6, 6.07) is 45.6. The summed E-state index contributed by atoms with van der Waals surface area (Å²) < 4.78 is 55.8. The molecular formula is C66H64ClF3N6O10. The molecule has 5 amide bonds. The van der Waals surface area contributed by atoms with Gasteiger partial charge in [-0.05, 0) is 130 Å². The number of alkyl halides is 3. The third-order valence-electron chi connectivity index (χ3n) is 13.5. The van der Waals surface area contributed by atoms with Gasteiger partial charge in [-0.15, -0.1) is 13.2 Å². The molecule has 0 unspecified atom stereocenters. The van der Waals surface area contributed by atoms with Gasteiger partial charge in [0, 0.05) is 28.9 Å². The van der Waals surface area contributed by atoms with Crippen molar-refractivity contribution in [3.63, 3.8) is 0 Å². The molecule has 8 aromatic rings. The van der Waals surface area contributed by atoms with Gasteiger partial charge in [-0.2, -0.15) is 0 Å². The predicted molar refractivity (Wildman–Crippen MR) is 320 cm³/mol. The molecule has 0 saturated heterocycles. The number of rotatable bonds is 20. The first-order valence-corrected chi connectivity index (χ1v) is 27.9. The highest BCUT2D eigenvalue weighted by molar-refractivity contribution is 6.31. The summed E-state index contributed by atoms with van der Waals surface area (Å²) in [5, 5.41) is 16.2.